The van der Waals surface area contributed by atoms with Crippen LogP contribution in [0, 0.1) is 5.82 Å². The normalized spacial score (nSPS) is 11.0. The number of fused-ring (bicyclic) bond motifs is 1. The smallest absolute Gasteiger partial charge is 0.224 e. The molecule has 2 aromatic heterocycles. The van der Waals surface area contributed by atoms with Crippen molar-refractivity contribution in [3.05, 3.63) is 36.2 Å². The predicted molar refractivity (Wildman–Crippen MR) is 79.8 cm³/mol. The highest BCUT2D eigenvalue weighted by Gasteiger charge is 2.11. The van der Waals surface area contributed by atoms with E-state index >= 15 is 0 Å². The number of carbonyl (C=O) groups excluding carboxylic acids is 1. The molecule has 0 spiro atoms. The number of nitrogens with one attached hydrogen (secondary N) is 1. The average molecular weight is 317 g/mol. The fourth-order valence-corrected chi connectivity index (χ4v) is 2.24. The number of aromatic amines is 1. The molecule has 1 aromatic carbocycles. The second-order valence-electron chi connectivity index (χ2n) is 5.23. The van der Waals surface area contributed by atoms with E-state index in [2.05, 4.69) is 25.5 Å². The van der Waals surface area contributed by atoms with Crippen LogP contribution in [0.2, 0.25) is 0 Å². The molecule has 2 heterocycles. The van der Waals surface area contributed by atoms with Gasteiger partial charge in [-0.05, 0) is 28.6 Å². The van der Waals surface area contributed by atoms with Gasteiger partial charge in [0, 0.05) is 26.4 Å². The molecule has 3 rings (SSSR count). The summed E-state index contributed by atoms with van der Waals surface area (Å²) in [5, 5.41) is 10.7. The molecule has 0 atom stereocenters. The number of aryl methyl sites for hydroxylation is 1. The van der Waals surface area contributed by atoms with Crippen molar-refractivity contribution in [2.24, 2.45) is 0 Å². The second kappa shape index (κ2) is 6.51. The summed E-state index contributed by atoms with van der Waals surface area (Å²) in [6.45, 7) is 0.969. The molecule has 0 bridgehead atoms. The van der Waals surface area contributed by atoms with Gasteiger partial charge < -0.3 is 9.88 Å². The largest absolute Gasteiger partial charge is 0.345 e. The van der Waals surface area contributed by atoms with Crippen LogP contribution in [0.4, 0.5) is 4.39 Å². The van der Waals surface area contributed by atoms with Crippen molar-refractivity contribution in [1.29, 1.82) is 0 Å². The second-order valence-corrected chi connectivity index (χ2v) is 5.23. The van der Waals surface area contributed by atoms with E-state index in [1.54, 1.807) is 18.0 Å². The maximum atomic E-state index is 13.2. The number of halogens is 1. The van der Waals surface area contributed by atoms with Gasteiger partial charge in [0.1, 0.15) is 18.0 Å². The van der Waals surface area contributed by atoms with Gasteiger partial charge in [0.05, 0.1) is 17.6 Å². The lowest BCUT2D eigenvalue weighted by atomic mass is 10.3. The molecule has 9 heteroatoms. The third-order valence-electron chi connectivity index (χ3n) is 3.55. The van der Waals surface area contributed by atoms with Gasteiger partial charge in [-0.1, -0.05) is 0 Å². The summed E-state index contributed by atoms with van der Waals surface area (Å²) in [6.07, 6.45) is 2.37. The summed E-state index contributed by atoms with van der Waals surface area (Å²) < 4.78 is 14.7. The molecule has 0 aliphatic carbocycles. The Morgan fingerprint density at radius 3 is 3.09 bits per heavy atom. The van der Waals surface area contributed by atoms with Crippen molar-refractivity contribution in [2.75, 3.05) is 13.6 Å². The number of aromatic nitrogens is 6. The van der Waals surface area contributed by atoms with Crippen LogP contribution < -0.4 is 0 Å². The van der Waals surface area contributed by atoms with E-state index in [0.29, 0.717) is 37.0 Å². The molecule has 0 fully saturated rings. The Labute approximate surface area is 131 Å². The van der Waals surface area contributed by atoms with Crippen molar-refractivity contribution in [3.8, 4) is 0 Å². The van der Waals surface area contributed by atoms with Crippen LogP contribution in [0.15, 0.2) is 24.5 Å². The summed E-state index contributed by atoms with van der Waals surface area (Å²) in [5.74, 6) is 0.427. The van der Waals surface area contributed by atoms with E-state index in [4.69, 9.17) is 0 Å². The number of benzene rings is 1. The molecule has 0 unspecified atom stereocenters. The third kappa shape index (κ3) is 3.68. The van der Waals surface area contributed by atoms with Gasteiger partial charge in [0.15, 0.2) is 0 Å². The summed E-state index contributed by atoms with van der Waals surface area (Å²) >= 11 is 0. The standard InChI is InChI=1S/C14H16FN7O/c1-21(14(23)5-7-22-9-16-19-20-22)6-4-13-17-11-3-2-10(15)8-12(11)18-13/h2-3,8-9H,4-7H2,1H3,(H,17,18). The van der Waals surface area contributed by atoms with Crippen LogP contribution in [0.5, 0.6) is 0 Å². The van der Waals surface area contributed by atoms with Crippen molar-refractivity contribution < 1.29 is 9.18 Å². The van der Waals surface area contributed by atoms with E-state index in [9.17, 15) is 9.18 Å². The zero-order valence-electron chi connectivity index (χ0n) is 12.6. The summed E-state index contributed by atoms with van der Waals surface area (Å²) in [6, 6.07) is 4.42. The number of rotatable bonds is 6. The zero-order valence-corrected chi connectivity index (χ0v) is 12.6. The van der Waals surface area contributed by atoms with Crippen molar-refractivity contribution >= 4 is 16.9 Å². The lowest BCUT2D eigenvalue weighted by molar-refractivity contribution is -0.130. The van der Waals surface area contributed by atoms with Gasteiger partial charge >= 0.3 is 0 Å². The van der Waals surface area contributed by atoms with Gasteiger partial charge in [-0.15, -0.1) is 5.10 Å². The molecular weight excluding hydrogens is 301 g/mol. The number of H-pyrrole nitrogens is 1. The molecule has 8 nitrogen and oxygen atoms in total. The van der Waals surface area contributed by atoms with Crippen molar-refractivity contribution in [3.63, 3.8) is 0 Å². The van der Waals surface area contributed by atoms with E-state index in [-0.39, 0.29) is 11.7 Å². The number of hydrogen-bond donors (Lipinski definition) is 1. The van der Waals surface area contributed by atoms with Crippen LogP contribution in [0.25, 0.3) is 11.0 Å². The zero-order chi connectivity index (χ0) is 16.2. The molecular formula is C14H16FN7O. The fraction of sp³-hybridized carbons (Fsp3) is 0.357. The predicted octanol–water partition coefficient (Wildman–Crippen LogP) is 0.780. The van der Waals surface area contributed by atoms with Crippen molar-refractivity contribution in [1.82, 2.24) is 35.1 Å². The first kappa shape index (κ1) is 15.1. The Hall–Kier alpha value is -2.84. The van der Waals surface area contributed by atoms with E-state index in [1.807, 2.05) is 0 Å². The highest BCUT2D eigenvalue weighted by molar-refractivity contribution is 5.76. The highest BCUT2D eigenvalue weighted by Crippen LogP contribution is 2.13. The van der Waals surface area contributed by atoms with Crippen LogP contribution in [0.3, 0.4) is 0 Å². The van der Waals surface area contributed by atoms with Gasteiger partial charge in [-0.3, -0.25) is 4.79 Å². The average Bonchev–Trinajstić information content (AvgIpc) is 3.18. The minimum atomic E-state index is -0.303. The Bertz CT molecular complexity index is 799. The number of imidazole rings is 1. The molecule has 3 aromatic rings. The minimum absolute atomic E-state index is 0.00246. The molecule has 1 N–H and O–H groups in total. The first-order valence-electron chi connectivity index (χ1n) is 7.21. The number of amides is 1. The number of carbonyl (C=O) groups is 1. The molecule has 1 amide bonds. The Balaban J connectivity index is 1.52. The quantitative estimate of drug-likeness (QED) is 0.725. The van der Waals surface area contributed by atoms with Crippen LogP contribution in [0.1, 0.15) is 12.2 Å². The highest BCUT2D eigenvalue weighted by atomic mass is 19.1. The molecule has 0 aliphatic rings. The van der Waals surface area contributed by atoms with Crippen molar-refractivity contribution in [2.45, 2.75) is 19.4 Å². The molecule has 0 radical (unpaired) electrons. The van der Waals surface area contributed by atoms with E-state index in [0.717, 1.165) is 5.82 Å². The first-order valence-corrected chi connectivity index (χ1v) is 7.21. The number of hydrogen-bond acceptors (Lipinski definition) is 5. The van der Waals surface area contributed by atoms with Crippen LogP contribution in [-0.2, 0) is 17.8 Å². The van der Waals surface area contributed by atoms with Gasteiger partial charge in [0.2, 0.25) is 5.91 Å². The molecule has 23 heavy (non-hydrogen) atoms. The van der Waals surface area contributed by atoms with Crippen LogP contribution >= 0.6 is 0 Å². The maximum absolute atomic E-state index is 13.2. The van der Waals surface area contributed by atoms with Gasteiger partial charge in [-0.2, -0.15) is 0 Å². The lowest BCUT2D eigenvalue weighted by Crippen LogP contribution is -2.29. The van der Waals surface area contributed by atoms with E-state index in [1.165, 1.54) is 23.1 Å². The summed E-state index contributed by atoms with van der Waals surface area (Å²) in [7, 11) is 1.74. The first-order chi connectivity index (χ1) is 11.1. The Morgan fingerprint density at radius 2 is 2.30 bits per heavy atom. The SMILES string of the molecule is CN(CCc1nc2ccc(F)cc2[nH]1)C(=O)CCn1cnnn1. The van der Waals surface area contributed by atoms with Gasteiger partial charge in [-0.25, -0.2) is 14.1 Å². The third-order valence-corrected chi connectivity index (χ3v) is 3.55. The van der Waals surface area contributed by atoms with Gasteiger partial charge in [0.25, 0.3) is 0 Å². The monoisotopic (exact) mass is 317 g/mol. The fourth-order valence-electron chi connectivity index (χ4n) is 2.24. The molecule has 0 aliphatic heterocycles. The maximum Gasteiger partial charge on any atom is 0.224 e. The van der Waals surface area contributed by atoms with Crippen LogP contribution in [-0.4, -0.2) is 54.6 Å². The molecule has 0 saturated heterocycles. The number of tetrazole rings is 1. The Morgan fingerprint density at radius 1 is 1.43 bits per heavy atom. The molecule has 120 valence electrons. The number of nitrogens with zero attached hydrogens (tertiary/aromatic N) is 6. The lowest BCUT2D eigenvalue weighted by Gasteiger charge is -2.16. The molecule has 0 saturated carbocycles. The summed E-state index contributed by atoms with van der Waals surface area (Å²) in [4.78, 5) is 21.1. The van der Waals surface area contributed by atoms with E-state index < -0.39 is 0 Å². The number of likely N-dealkylation sites (N-methyl/N-ethyl adjacent to an activating group) is 1. The summed E-state index contributed by atoms with van der Waals surface area (Å²) in [5.41, 5.74) is 1.38. The minimum Gasteiger partial charge on any atom is -0.345 e. The Kier molecular flexibility index (Phi) is 4.26. The topological polar surface area (TPSA) is 92.6 Å².